The van der Waals surface area contributed by atoms with E-state index < -0.39 is 0 Å². The number of guanidine groups is 1. The van der Waals surface area contributed by atoms with E-state index in [1.165, 1.54) is 5.56 Å². The average molecular weight is 509 g/mol. The van der Waals surface area contributed by atoms with Crippen molar-refractivity contribution < 1.29 is 4.74 Å². The SMILES string of the molecule is CCNC(=NCc1ccnc(OC)c1)NC1CC(C)N(Cc2ccccc2)C1.I. The lowest BCUT2D eigenvalue weighted by Crippen LogP contribution is -2.44. The van der Waals surface area contributed by atoms with Gasteiger partial charge in [0.05, 0.1) is 13.7 Å². The Morgan fingerprint density at radius 1 is 1.24 bits per heavy atom. The van der Waals surface area contributed by atoms with Crippen LogP contribution in [0.15, 0.2) is 53.7 Å². The first-order valence-electron chi connectivity index (χ1n) is 9.99. The van der Waals surface area contributed by atoms with Gasteiger partial charge in [0, 0.05) is 44.0 Å². The topological polar surface area (TPSA) is 61.8 Å². The van der Waals surface area contributed by atoms with Crippen molar-refractivity contribution in [1.29, 1.82) is 0 Å². The maximum Gasteiger partial charge on any atom is 0.213 e. The Bertz CT molecular complexity index is 771. The van der Waals surface area contributed by atoms with Crippen molar-refractivity contribution in [3.63, 3.8) is 0 Å². The zero-order valence-electron chi connectivity index (χ0n) is 17.5. The summed E-state index contributed by atoms with van der Waals surface area (Å²) < 4.78 is 5.19. The van der Waals surface area contributed by atoms with Crippen molar-refractivity contribution in [1.82, 2.24) is 20.5 Å². The van der Waals surface area contributed by atoms with Gasteiger partial charge in [0.2, 0.25) is 5.88 Å². The molecule has 1 aromatic heterocycles. The van der Waals surface area contributed by atoms with E-state index in [1.807, 2.05) is 12.1 Å². The summed E-state index contributed by atoms with van der Waals surface area (Å²) in [5.74, 6) is 1.48. The van der Waals surface area contributed by atoms with Crippen LogP contribution in [0.3, 0.4) is 0 Å². The molecule has 0 bridgehead atoms. The van der Waals surface area contributed by atoms with Gasteiger partial charge in [-0.05, 0) is 37.5 Å². The molecule has 6 nitrogen and oxygen atoms in total. The van der Waals surface area contributed by atoms with Crippen molar-refractivity contribution in [2.24, 2.45) is 4.99 Å². The summed E-state index contributed by atoms with van der Waals surface area (Å²) in [7, 11) is 1.63. The van der Waals surface area contributed by atoms with Gasteiger partial charge in [-0.15, -0.1) is 24.0 Å². The number of nitrogens with one attached hydrogen (secondary N) is 2. The van der Waals surface area contributed by atoms with Crippen LogP contribution >= 0.6 is 24.0 Å². The van der Waals surface area contributed by atoms with Crippen molar-refractivity contribution >= 4 is 29.9 Å². The second-order valence-electron chi connectivity index (χ2n) is 7.24. The number of pyridine rings is 1. The number of aromatic nitrogens is 1. The molecule has 2 atom stereocenters. The largest absolute Gasteiger partial charge is 0.481 e. The number of nitrogens with zero attached hydrogens (tertiary/aromatic N) is 3. The number of likely N-dealkylation sites (tertiary alicyclic amines) is 1. The molecule has 29 heavy (non-hydrogen) atoms. The van der Waals surface area contributed by atoms with Crippen molar-refractivity contribution in [3.05, 3.63) is 59.8 Å². The minimum absolute atomic E-state index is 0. The average Bonchev–Trinajstić information content (AvgIpc) is 3.06. The van der Waals surface area contributed by atoms with Gasteiger partial charge in [-0.1, -0.05) is 30.3 Å². The van der Waals surface area contributed by atoms with E-state index >= 15 is 0 Å². The lowest BCUT2D eigenvalue weighted by molar-refractivity contribution is 0.258. The molecule has 2 unspecified atom stereocenters. The highest BCUT2D eigenvalue weighted by atomic mass is 127. The first kappa shape index (κ1) is 23.4. The quantitative estimate of drug-likeness (QED) is 0.340. The van der Waals surface area contributed by atoms with Crippen molar-refractivity contribution in [2.75, 3.05) is 20.2 Å². The number of ether oxygens (including phenoxy) is 1. The van der Waals surface area contributed by atoms with Crippen LogP contribution in [0.1, 0.15) is 31.4 Å². The Labute approximate surface area is 191 Å². The number of hydrogen-bond donors (Lipinski definition) is 2. The summed E-state index contributed by atoms with van der Waals surface area (Å²) in [4.78, 5) is 11.4. The van der Waals surface area contributed by atoms with Crippen LogP contribution in [-0.4, -0.2) is 48.1 Å². The zero-order chi connectivity index (χ0) is 19.8. The second kappa shape index (κ2) is 12.0. The molecule has 2 N–H and O–H groups in total. The van der Waals surface area contributed by atoms with Gasteiger partial charge in [0.25, 0.3) is 0 Å². The molecule has 1 saturated heterocycles. The third kappa shape index (κ3) is 7.15. The molecule has 2 heterocycles. The highest BCUT2D eigenvalue weighted by molar-refractivity contribution is 14.0. The fourth-order valence-electron chi connectivity index (χ4n) is 3.59. The smallest absolute Gasteiger partial charge is 0.213 e. The van der Waals surface area contributed by atoms with E-state index in [0.29, 0.717) is 24.5 Å². The van der Waals surface area contributed by atoms with Crippen molar-refractivity contribution in [2.45, 2.75) is 45.4 Å². The van der Waals surface area contributed by atoms with E-state index in [4.69, 9.17) is 9.73 Å². The summed E-state index contributed by atoms with van der Waals surface area (Å²) in [6, 6.07) is 15.5. The van der Waals surface area contributed by atoms with Crippen LogP contribution in [0.5, 0.6) is 5.88 Å². The maximum absolute atomic E-state index is 5.19. The maximum atomic E-state index is 5.19. The standard InChI is InChI=1S/C22H31N5O.HI/c1-4-23-22(25-14-19-10-11-24-21(13-19)28-3)26-20-12-17(2)27(16-20)15-18-8-6-5-7-9-18;/h5-11,13,17,20H,4,12,14-16H2,1-3H3,(H2,23,25,26);1H. The Morgan fingerprint density at radius 3 is 2.76 bits per heavy atom. The minimum Gasteiger partial charge on any atom is -0.481 e. The van der Waals surface area contributed by atoms with Crippen LogP contribution in [-0.2, 0) is 13.1 Å². The van der Waals surface area contributed by atoms with Crippen molar-refractivity contribution in [3.8, 4) is 5.88 Å². The van der Waals surface area contributed by atoms with E-state index in [0.717, 1.165) is 37.6 Å². The molecule has 2 aromatic rings. The van der Waals surface area contributed by atoms with Gasteiger partial charge in [0.1, 0.15) is 0 Å². The number of halogens is 1. The molecule has 0 amide bonds. The highest BCUT2D eigenvalue weighted by Crippen LogP contribution is 2.20. The molecule has 1 aliphatic rings. The Hall–Kier alpha value is -1.87. The minimum atomic E-state index is 0. The second-order valence-corrected chi connectivity index (χ2v) is 7.24. The molecule has 7 heteroatoms. The van der Waals surface area contributed by atoms with E-state index in [2.05, 4.69) is 64.7 Å². The van der Waals surface area contributed by atoms with E-state index in [9.17, 15) is 0 Å². The fourth-order valence-corrected chi connectivity index (χ4v) is 3.59. The van der Waals surface area contributed by atoms with Crippen LogP contribution in [0, 0.1) is 0 Å². The highest BCUT2D eigenvalue weighted by Gasteiger charge is 2.29. The number of aliphatic imine (C=N–C) groups is 1. The molecule has 158 valence electrons. The zero-order valence-corrected chi connectivity index (χ0v) is 19.8. The van der Waals surface area contributed by atoms with Gasteiger partial charge >= 0.3 is 0 Å². The monoisotopic (exact) mass is 509 g/mol. The number of methoxy groups -OCH3 is 1. The predicted molar refractivity (Wildman–Crippen MR) is 129 cm³/mol. The fraction of sp³-hybridized carbons (Fsp3) is 0.455. The van der Waals surface area contributed by atoms with Gasteiger partial charge in [-0.3, -0.25) is 4.90 Å². The normalized spacial score (nSPS) is 19.5. The number of benzene rings is 1. The Kier molecular flexibility index (Phi) is 9.66. The molecule has 0 spiro atoms. The van der Waals surface area contributed by atoms with Crippen LogP contribution in [0.4, 0.5) is 0 Å². The molecule has 0 aliphatic carbocycles. The predicted octanol–water partition coefficient (Wildman–Crippen LogP) is 3.43. The number of rotatable bonds is 7. The lowest BCUT2D eigenvalue weighted by Gasteiger charge is -2.21. The molecular weight excluding hydrogens is 477 g/mol. The first-order valence-corrected chi connectivity index (χ1v) is 9.99. The summed E-state index contributed by atoms with van der Waals surface area (Å²) in [5.41, 5.74) is 2.44. The first-order chi connectivity index (χ1) is 13.7. The third-order valence-corrected chi connectivity index (χ3v) is 5.05. The molecule has 1 aromatic carbocycles. The van der Waals surface area contributed by atoms with Crippen LogP contribution < -0.4 is 15.4 Å². The summed E-state index contributed by atoms with van der Waals surface area (Å²) in [6.45, 7) is 7.82. The van der Waals surface area contributed by atoms with Gasteiger partial charge in [-0.2, -0.15) is 0 Å². The molecule has 0 saturated carbocycles. The Balaban J connectivity index is 0.00000300. The lowest BCUT2D eigenvalue weighted by atomic mass is 10.2. The van der Waals surface area contributed by atoms with Crippen LogP contribution in [0.2, 0.25) is 0 Å². The summed E-state index contributed by atoms with van der Waals surface area (Å²) in [5, 5.41) is 6.97. The van der Waals surface area contributed by atoms with Gasteiger partial charge in [-0.25, -0.2) is 9.98 Å². The summed E-state index contributed by atoms with van der Waals surface area (Å²) in [6.07, 6.45) is 2.87. The Morgan fingerprint density at radius 2 is 2.03 bits per heavy atom. The molecule has 0 radical (unpaired) electrons. The third-order valence-electron chi connectivity index (χ3n) is 5.05. The molecular formula is C22H32IN5O. The van der Waals surface area contributed by atoms with E-state index in [-0.39, 0.29) is 24.0 Å². The van der Waals surface area contributed by atoms with Gasteiger partial charge < -0.3 is 15.4 Å². The molecule has 3 rings (SSSR count). The van der Waals surface area contributed by atoms with Gasteiger partial charge in [0.15, 0.2) is 5.96 Å². The van der Waals surface area contributed by atoms with E-state index in [1.54, 1.807) is 13.3 Å². The molecule has 1 fully saturated rings. The summed E-state index contributed by atoms with van der Waals surface area (Å²) >= 11 is 0. The van der Waals surface area contributed by atoms with Crippen LogP contribution in [0.25, 0.3) is 0 Å². The molecule has 1 aliphatic heterocycles. The number of hydrogen-bond acceptors (Lipinski definition) is 4.